The van der Waals surface area contributed by atoms with Gasteiger partial charge in [-0.2, -0.15) is 0 Å². The van der Waals surface area contributed by atoms with Crippen LogP contribution in [-0.4, -0.2) is 67.2 Å². The summed E-state index contributed by atoms with van der Waals surface area (Å²) in [4.78, 5) is 7.13. The van der Waals surface area contributed by atoms with Gasteiger partial charge >= 0.3 is 0 Å². The molecule has 3 rings (SSSR count). The van der Waals surface area contributed by atoms with Crippen LogP contribution in [-0.2, 0) is 18.3 Å². The molecule has 0 amide bonds. The first kappa shape index (κ1) is 25.2. The number of hydrogen-bond acceptors (Lipinski definition) is 6. The van der Waals surface area contributed by atoms with Crippen molar-refractivity contribution in [2.24, 2.45) is 12.0 Å². The third-order valence-electron chi connectivity index (χ3n) is 5.34. The van der Waals surface area contributed by atoms with Crippen LogP contribution in [0.2, 0.25) is 0 Å². The van der Waals surface area contributed by atoms with E-state index in [0.29, 0.717) is 25.7 Å². The number of hydrogen-bond donors (Lipinski definition) is 2. The number of piperidine rings is 1. The molecule has 10 heteroatoms. The van der Waals surface area contributed by atoms with E-state index >= 15 is 0 Å². The lowest BCUT2D eigenvalue weighted by Gasteiger charge is -2.35. The van der Waals surface area contributed by atoms with Crippen molar-refractivity contribution in [3.8, 4) is 5.75 Å². The van der Waals surface area contributed by atoms with Crippen molar-refractivity contribution in [3.63, 3.8) is 0 Å². The van der Waals surface area contributed by atoms with E-state index in [2.05, 4.69) is 37.9 Å². The Kier molecular flexibility index (Phi) is 10.3. The van der Waals surface area contributed by atoms with Crippen molar-refractivity contribution in [1.82, 2.24) is 25.4 Å². The molecule has 1 aliphatic rings. The average molecular weight is 543 g/mol. The van der Waals surface area contributed by atoms with Crippen LogP contribution in [0, 0.1) is 6.92 Å². The summed E-state index contributed by atoms with van der Waals surface area (Å²) in [6, 6.07) is 8.52. The predicted molar refractivity (Wildman–Crippen MR) is 134 cm³/mol. The van der Waals surface area contributed by atoms with Gasteiger partial charge in [0.1, 0.15) is 18.1 Å². The number of halogens is 1. The topological polar surface area (TPSA) is 88.8 Å². The van der Waals surface area contributed by atoms with Gasteiger partial charge in [0.05, 0.1) is 13.7 Å². The molecule has 1 aromatic carbocycles. The molecule has 31 heavy (non-hydrogen) atoms. The predicted octanol–water partition coefficient (Wildman–Crippen LogP) is 2.10. The van der Waals surface area contributed by atoms with Gasteiger partial charge in [0, 0.05) is 51.6 Å². The molecule has 0 aliphatic carbocycles. The highest BCUT2D eigenvalue weighted by Crippen LogP contribution is 2.24. The minimum absolute atomic E-state index is 0. The normalized spacial score (nSPS) is 16.6. The smallest absolute Gasteiger partial charge is 0.192 e. The Labute approximate surface area is 201 Å². The Hall–Kier alpha value is -2.08. The van der Waals surface area contributed by atoms with Crippen LogP contribution in [0.3, 0.4) is 0 Å². The van der Waals surface area contributed by atoms with E-state index < -0.39 is 0 Å². The van der Waals surface area contributed by atoms with Crippen LogP contribution >= 0.6 is 24.0 Å². The Balaban J connectivity index is 0.00000341. The van der Waals surface area contributed by atoms with Crippen molar-refractivity contribution in [2.75, 3.05) is 45.4 Å². The maximum Gasteiger partial charge on any atom is 0.192 e. The highest BCUT2D eigenvalue weighted by atomic mass is 127. The second-order valence-corrected chi connectivity index (χ2v) is 7.44. The SMILES string of the molecule is COCCNC(=NCc1nnc(C)n1C)NC1CCCN(c2cccc(OC)c2)C1.I. The molecule has 1 atom stereocenters. The monoisotopic (exact) mass is 543 g/mol. The number of aromatic nitrogens is 3. The number of guanidine groups is 1. The van der Waals surface area contributed by atoms with Crippen molar-refractivity contribution in [1.29, 1.82) is 0 Å². The van der Waals surface area contributed by atoms with Gasteiger partial charge in [0.15, 0.2) is 11.8 Å². The second kappa shape index (κ2) is 12.7. The van der Waals surface area contributed by atoms with Crippen LogP contribution in [0.4, 0.5) is 5.69 Å². The van der Waals surface area contributed by atoms with Gasteiger partial charge < -0.3 is 29.6 Å². The van der Waals surface area contributed by atoms with E-state index in [1.807, 2.05) is 30.7 Å². The van der Waals surface area contributed by atoms with Gasteiger partial charge in [-0.15, -0.1) is 34.2 Å². The number of ether oxygens (including phenoxy) is 2. The highest BCUT2D eigenvalue weighted by Gasteiger charge is 2.21. The fourth-order valence-electron chi connectivity index (χ4n) is 3.49. The molecule has 172 valence electrons. The molecule has 1 aromatic heterocycles. The van der Waals surface area contributed by atoms with E-state index in [1.165, 1.54) is 5.69 Å². The Bertz CT molecular complexity index is 843. The molecule has 2 heterocycles. The third-order valence-corrected chi connectivity index (χ3v) is 5.34. The summed E-state index contributed by atoms with van der Waals surface area (Å²) in [7, 11) is 5.35. The number of aryl methyl sites for hydroxylation is 1. The summed E-state index contributed by atoms with van der Waals surface area (Å²) in [5.41, 5.74) is 1.18. The quantitative estimate of drug-likeness (QED) is 0.228. The molecule has 2 aromatic rings. The van der Waals surface area contributed by atoms with Crippen LogP contribution in [0.15, 0.2) is 29.3 Å². The van der Waals surface area contributed by atoms with Crippen LogP contribution in [0.5, 0.6) is 5.75 Å². The molecule has 0 saturated carbocycles. The highest BCUT2D eigenvalue weighted by molar-refractivity contribution is 14.0. The third kappa shape index (κ3) is 7.23. The van der Waals surface area contributed by atoms with Gasteiger partial charge in [-0.3, -0.25) is 0 Å². The van der Waals surface area contributed by atoms with Gasteiger partial charge in [-0.25, -0.2) is 4.99 Å². The first-order valence-corrected chi connectivity index (χ1v) is 10.4. The van der Waals surface area contributed by atoms with E-state index in [-0.39, 0.29) is 24.0 Å². The van der Waals surface area contributed by atoms with Gasteiger partial charge in [-0.05, 0) is 31.9 Å². The molecule has 2 N–H and O–H groups in total. The number of anilines is 1. The minimum atomic E-state index is 0. The summed E-state index contributed by atoms with van der Waals surface area (Å²) in [6.45, 7) is 5.64. The lowest BCUT2D eigenvalue weighted by atomic mass is 10.0. The molecule has 0 spiro atoms. The van der Waals surface area contributed by atoms with Gasteiger partial charge in [-0.1, -0.05) is 6.07 Å². The molecule has 0 radical (unpaired) electrons. The molecule has 0 bridgehead atoms. The fraction of sp³-hybridized carbons (Fsp3) is 0.571. The molecule has 9 nitrogen and oxygen atoms in total. The molecular weight excluding hydrogens is 509 g/mol. The largest absolute Gasteiger partial charge is 0.497 e. The fourth-order valence-corrected chi connectivity index (χ4v) is 3.49. The number of methoxy groups -OCH3 is 2. The second-order valence-electron chi connectivity index (χ2n) is 7.44. The number of nitrogens with zero attached hydrogens (tertiary/aromatic N) is 5. The van der Waals surface area contributed by atoms with Crippen LogP contribution in [0.1, 0.15) is 24.5 Å². The van der Waals surface area contributed by atoms with E-state index in [0.717, 1.165) is 49.3 Å². The number of benzene rings is 1. The van der Waals surface area contributed by atoms with Crippen molar-refractivity contribution in [2.45, 2.75) is 32.4 Å². The van der Waals surface area contributed by atoms with Crippen LogP contribution < -0.4 is 20.3 Å². The maximum atomic E-state index is 5.38. The zero-order valence-electron chi connectivity index (χ0n) is 18.8. The van der Waals surface area contributed by atoms with Crippen molar-refractivity contribution >= 4 is 35.6 Å². The van der Waals surface area contributed by atoms with Crippen molar-refractivity contribution < 1.29 is 9.47 Å². The summed E-state index contributed by atoms with van der Waals surface area (Å²) < 4.78 is 12.5. The Morgan fingerprint density at radius 3 is 2.84 bits per heavy atom. The first-order valence-electron chi connectivity index (χ1n) is 10.4. The average Bonchev–Trinajstić information content (AvgIpc) is 3.10. The summed E-state index contributed by atoms with van der Waals surface area (Å²) in [5, 5.41) is 15.3. The van der Waals surface area contributed by atoms with Gasteiger partial charge in [0.25, 0.3) is 0 Å². The van der Waals surface area contributed by atoms with Crippen LogP contribution in [0.25, 0.3) is 0 Å². The standard InChI is InChI=1S/C21H33N7O2.HI/c1-16-25-26-20(27(16)2)14-23-21(22-10-12-29-3)24-17-7-6-11-28(15-17)18-8-5-9-19(13-18)30-4;/h5,8-9,13,17H,6-7,10-12,14-15H2,1-4H3,(H2,22,23,24);1H. The number of nitrogens with one attached hydrogen (secondary N) is 2. The summed E-state index contributed by atoms with van der Waals surface area (Å²) in [6.07, 6.45) is 2.21. The number of rotatable bonds is 8. The first-order chi connectivity index (χ1) is 14.6. The van der Waals surface area contributed by atoms with Crippen molar-refractivity contribution in [3.05, 3.63) is 35.9 Å². The molecule has 1 saturated heterocycles. The lowest BCUT2D eigenvalue weighted by Crippen LogP contribution is -2.51. The molecule has 1 aliphatic heterocycles. The Morgan fingerprint density at radius 2 is 2.13 bits per heavy atom. The number of aliphatic imine (C=N–C) groups is 1. The zero-order valence-corrected chi connectivity index (χ0v) is 21.1. The molecule has 1 fully saturated rings. The van der Waals surface area contributed by atoms with E-state index in [1.54, 1.807) is 14.2 Å². The summed E-state index contributed by atoms with van der Waals surface area (Å²) in [5.74, 6) is 3.36. The van der Waals surface area contributed by atoms with E-state index in [4.69, 9.17) is 14.5 Å². The minimum Gasteiger partial charge on any atom is -0.497 e. The van der Waals surface area contributed by atoms with E-state index in [9.17, 15) is 0 Å². The lowest BCUT2D eigenvalue weighted by molar-refractivity contribution is 0.203. The maximum absolute atomic E-state index is 5.38. The Morgan fingerprint density at radius 1 is 1.29 bits per heavy atom. The zero-order chi connectivity index (χ0) is 21.3. The molecule has 1 unspecified atom stereocenters. The molecular formula is C21H34IN7O2. The summed E-state index contributed by atoms with van der Waals surface area (Å²) >= 11 is 0. The van der Waals surface area contributed by atoms with Gasteiger partial charge in [0.2, 0.25) is 0 Å².